The molecule has 0 bridgehead atoms. The molecule has 0 saturated carbocycles. The fourth-order valence-electron chi connectivity index (χ4n) is 2.03. The quantitative estimate of drug-likeness (QED) is 0.912. The van der Waals surface area contributed by atoms with Gasteiger partial charge in [0.1, 0.15) is 11.6 Å². The second-order valence-corrected chi connectivity index (χ2v) is 4.82. The van der Waals surface area contributed by atoms with Crippen molar-refractivity contribution in [2.75, 3.05) is 6.61 Å². The molecule has 1 aromatic heterocycles. The van der Waals surface area contributed by atoms with Gasteiger partial charge in [-0.2, -0.15) is 5.26 Å². The topological polar surface area (TPSA) is 86.1 Å². The van der Waals surface area contributed by atoms with Crippen molar-refractivity contribution < 1.29 is 9.84 Å². The number of pyridine rings is 1. The molecule has 21 heavy (non-hydrogen) atoms. The van der Waals surface area contributed by atoms with E-state index in [4.69, 9.17) is 16.3 Å². The average Bonchev–Trinajstić information content (AvgIpc) is 2.41. The van der Waals surface area contributed by atoms with Crippen LogP contribution in [0.5, 0.6) is 11.5 Å². The molecule has 0 unspecified atom stereocenters. The Bertz CT molecular complexity index is 791. The maximum absolute atomic E-state index is 11.9. The molecule has 1 aromatic carbocycles. The molecule has 0 saturated heterocycles. The van der Waals surface area contributed by atoms with Crippen LogP contribution in [0.3, 0.4) is 0 Å². The van der Waals surface area contributed by atoms with Gasteiger partial charge < -0.3 is 14.8 Å². The fourth-order valence-corrected chi connectivity index (χ4v) is 2.29. The molecule has 6 heteroatoms. The van der Waals surface area contributed by atoms with Crippen LogP contribution in [0.4, 0.5) is 0 Å². The Hall–Kier alpha value is -2.45. The first-order chi connectivity index (χ1) is 9.97. The van der Waals surface area contributed by atoms with Crippen molar-refractivity contribution >= 4 is 11.6 Å². The third-order valence-corrected chi connectivity index (χ3v) is 3.23. The van der Waals surface area contributed by atoms with Crippen molar-refractivity contribution in [2.45, 2.75) is 13.8 Å². The lowest BCUT2D eigenvalue weighted by molar-refractivity contribution is 0.318. The van der Waals surface area contributed by atoms with Crippen molar-refractivity contribution in [3.63, 3.8) is 0 Å². The Labute approximate surface area is 126 Å². The van der Waals surface area contributed by atoms with Gasteiger partial charge >= 0.3 is 0 Å². The number of hydrogen-bond donors (Lipinski definition) is 2. The van der Waals surface area contributed by atoms with E-state index in [1.54, 1.807) is 19.9 Å². The van der Waals surface area contributed by atoms with Gasteiger partial charge in [0.15, 0.2) is 11.5 Å². The summed E-state index contributed by atoms with van der Waals surface area (Å²) in [4.78, 5) is 14.4. The summed E-state index contributed by atoms with van der Waals surface area (Å²) in [6, 6.07) is 6.39. The van der Waals surface area contributed by atoms with E-state index < -0.39 is 5.56 Å². The number of hydrogen-bond acceptors (Lipinski definition) is 4. The van der Waals surface area contributed by atoms with Gasteiger partial charge in [0.05, 0.1) is 11.6 Å². The zero-order chi connectivity index (χ0) is 15.6. The molecule has 0 amide bonds. The monoisotopic (exact) mass is 304 g/mol. The highest BCUT2D eigenvalue weighted by Crippen LogP contribution is 2.38. The van der Waals surface area contributed by atoms with Crippen LogP contribution in [0.15, 0.2) is 23.0 Å². The number of nitriles is 1. The van der Waals surface area contributed by atoms with E-state index in [2.05, 4.69) is 4.98 Å². The van der Waals surface area contributed by atoms with Gasteiger partial charge in [0, 0.05) is 22.9 Å². The molecule has 0 fully saturated rings. The van der Waals surface area contributed by atoms with Gasteiger partial charge in [-0.15, -0.1) is 0 Å². The van der Waals surface area contributed by atoms with E-state index in [1.165, 1.54) is 12.1 Å². The van der Waals surface area contributed by atoms with E-state index in [9.17, 15) is 15.2 Å². The molecule has 0 aliphatic heterocycles. The molecular formula is C15H13ClN2O3. The highest BCUT2D eigenvalue weighted by Gasteiger charge is 2.16. The van der Waals surface area contributed by atoms with E-state index in [0.717, 1.165) is 0 Å². The Morgan fingerprint density at radius 3 is 2.71 bits per heavy atom. The normalized spacial score (nSPS) is 10.2. The van der Waals surface area contributed by atoms with Crippen LogP contribution in [0.2, 0.25) is 5.02 Å². The van der Waals surface area contributed by atoms with Crippen LogP contribution in [0, 0.1) is 18.3 Å². The van der Waals surface area contributed by atoms with Crippen LogP contribution in [-0.4, -0.2) is 16.7 Å². The number of aromatic amines is 1. The van der Waals surface area contributed by atoms with Gasteiger partial charge in [-0.05, 0) is 26.0 Å². The predicted octanol–water partition coefficient (Wildman–Crippen LogP) is 2.98. The second-order valence-electron chi connectivity index (χ2n) is 4.41. The molecule has 2 aromatic rings. The largest absolute Gasteiger partial charge is 0.504 e. The minimum atomic E-state index is -0.477. The molecule has 0 atom stereocenters. The standard InChI is InChI=1S/C15H13ClN2O3/c1-3-21-14-5-10(12(16)6-13(14)19)9-4-8(2)18-15(20)11(9)7-17/h4-6,19H,3H2,1-2H3,(H,18,20). The van der Waals surface area contributed by atoms with E-state index in [1.807, 2.05) is 6.07 Å². The van der Waals surface area contributed by atoms with Crippen LogP contribution in [0.25, 0.3) is 11.1 Å². The molecule has 1 heterocycles. The number of nitrogens with one attached hydrogen (secondary N) is 1. The highest BCUT2D eigenvalue weighted by atomic mass is 35.5. The maximum Gasteiger partial charge on any atom is 0.266 e. The van der Waals surface area contributed by atoms with Crippen molar-refractivity contribution in [3.8, 4) is 28.7 Å². The summed E-state index contributed by atoms with van der Waals surface area (Å²) in [5.41, 5.74) is 0.967. The molecule has 108 valence electrons. The van der Waals surface area contributed by atoms with Gasteiger partial charge in [-0.1, -0.05) is 11.6 Å². The number of aromatic hydroxyl groups is 1. The Morgan fingerprint density at radius 1 is 1.38 bits per heavy atom. The molecule has 0 aliphatic carbocycles. The summed E-state index contributed by atoms with van der Waals surface area (Å²) in [7, 11) is 0. The summed E-state index contributed by atoms with van der Waals surface area (Å²) >= 11 is 6.13. The highest BCUT2D eigenvalue weighted by molar-refractivity contribution is 6.33. The lowest BCUT2D eigenvalue weighted by Gasteiger charge is -2.12. The number of ether oxygens (including phenoxy) is 1. The van der Waals surface area contributed by atoms with Crippen LogP contribution < -0.4 is 10.3 Å². The van der Waals surface area contributed by atoms with Crippen LogP contribution in [-0.2, 0) is 0 Å². The van der Waals surface area contributed by atoms with Crippen molar-refractivity contribution in [1.29, 1.82) is 5.26 Å². The number of aryl methyl sites for hydroxylation is 1. The van der Waals surface area contributed by atoms with Crippen molar-refractivity contribution in [2.24, 2.45) is 0 Å². The lowest BCUT2D eigenvalue weighted by atomic mass is 10.0. The summed E-state index contributed by atoms with van der Waals surface area (Å²) in [6.45, 7) is 3.86. The first-order valence-electron chi connectivity index (χ1n) is 6.27. The fraction of sp³-hybridized carbons (Fsp3) is 0.200. The molecular weight excluding hydrogens is 292 g/mol. The average molecular weight is 305 g/mol. The SMILES string of the molecule is CCOc1cc(-c2cc(C)[nH]c(=O)c2C#N)c(Cl)cc1O. The Balaban J connectivity index is 2.76. The van der Waals surface area contributed by atoms with E-state index >= 15 is 0 Å². The molecule has 2 N–H and O–H groups in total. The summed E-state index contributed by atoms with van der Waals surface area (Å²) in [5.74, 6) is 0.157. The summed E-state index contributed by atoms with van der Waals surface area (Å²) < 4.78 is 5.31. The van der Waals surface area contributed by atoms with Crippen LogP contribution in [0.1, 0.15) is 18.2 Å². The van der Waals surface area contributed by atoms with Crippen LogP contribution >= 0.6 is 11.6 Å². The molecule has 0 spiro atoms. The maximum atomic E-state index is 11.9. The summed E-state index contributed by atoms with van der Waals surface area (Å²) in [5, 5.41) is 19.2. The number of nitrogens with zero attached hydrogens (tertiary/aromatic N) is 1. The number of rotatable bonds is 3. The zero-order valence-electron chi connectivity index (χ0n) is 11.5. The number of benzene rings is 1. The number of phenolic OH excluding ortho intramolecular Hbond substituents is 1. The smallest absolute Gasteiger partial charge is 0.266 e. The van der Waals surface area contributed by atoms with Crippen molar-refractivity contribution in [1.82, 2.24) is 4.98 Å². The van der Waals surface area contributed by atoms with Gasteiger partial charge in [-0.25, -0.2) is 0 Å². The van der Waals surface area contributed by atoms with E-state index in [-0.39, 0.29) is 22.1 Å². The minimum absolute atomic E-state index is 0.0318. The minimum Gasteiger partial charge on any atom is -0.504 e. The number of H-pyrrole nitrogens is 1. The number of halogens is 1. The Kier molecular flexibility index (Phi) is 4.20. The third kappa shape index (κ3) is 2.86. The molecule has 2 rings (SSSR count). The first kappa shape index (κ1) is 14.9. The number of aromatic nitrogens is 1. The Morgan fingerprint density at radius 2 is 2.10 bits per heavy atom. The summed E-state index contributed by atoms with van der Waals surface area (Å²) in [6.07, 6.45) is 0. The lowest BCUT2D eigenvalue weighted by Crippen LogP contribution is -2.12. The van der Waals surface area contributed by atoms with Gasteiger partial charge in [0.25, 0.3) is 5.56 Å². The van der Waals surface area contributed by atoms with Gasteiger partial charge in [0.2, 0.25) is 0 Å². The zero-order valence-corrected chi connectivity index (χ0v) is 12.3. The predicted molar refractivity (Wildman–Crippen MR) is 79.8 cm³/mol. The molecule has 0 radical (unpaired) electrons. The second kappa shape index (κ2) is 5.90. The van der Waals surface area contributed by atoms with E-state index in [0.29, 0.717) is 23.4 Å². The van der Waals surface area contributed by atoms with Crippen molar-refractivity contribution in [3.05, 3.63) is 44.8 Å². The first-order valence-corrected chi connectivity index (χ1v) is 6.65. The molecule has 5 nitrogen and oxygen atoms in total. The molecule has 0 aliphatic rings. The third-order valence-electron chi connectivity index (χ3n) is 2.92. The van der Waals surface area contributed by atoms with Gasteiger partial charge in [-0.3, -0.25) is 4.79 Å². The number of phenols is 1.